The fraction of sp³-hybridized carbons (Fsp3) is 0.375. The van der Waals surface area contributed by atoms with Gasteiger partial charge in [-0.25, -0.2) is 31.3 Å². The number of anilines is 1. The summed E-state index contributed by atoms with van der Waals surface area (Å²) in [6.07, 6.45) is 4.76. The molecule has 15 heteroatoms. The Morgan fingerprint density at radius 1 is 1.19 bits per heavy atom. The number of aromatic nitrogens is 2. The van der Waals surface area contributed by atoms with Gasteiger partial charge < -0.3 is 14.4 Å². The van der Waals surface area contributed by atoms with E-state index >= 15 is 0 Å². The van der Waals surface area contributed by atoms with Gasteiger partial charge in [-0.15, -0.1) is 0 Å². The zero-order valence-corrected chi connectivity index (χ0v) is 18.4. The monoisotopic (exact) mass is 472 g/mol. The normalized spacial score (nSPS) is 18.0. The van der Waals surface area contributed by atoms with Gasteiger partial charge in [0.2, 0.25) is 23.1 Å². The lowest BCUT2D eigenvalue weighted by Crippen LogP contribution is -2.51. The number of amides is 2. The quantitative estimate of drug-likeness (QED) is 0.567. The Morgan fingerprint density at radius 2 is 1.84 bits per heavy atom. The van der Waals surface area contributed by atoms with Crippen molar-refractivity contribution in [2.24, 2.45) is 4.99 Å². The average molecular weight is 473 g/mol. The number of allylic oxidation sites excluding steroid dienone is 2. The van der Waals surface area contributed by atoms with Gasteiger partial charge in [0.1, 0.15) is 5.82 Å². The zero-order valence-electron chi connectivity index (χ0n) is 16.8. The number of carbonyl (C=O) groups excluding carboxylic acids is 1. The minimum absolute atomic E-state index is 0.0686. The second-order valence-electron chi connectivity index (χ2n) is 6.19. The zero-order chi connectivity index (χ0) is 22.8. The van der Waals surface area contributed by atoms with Crippen LogP contribution in [-0.4, -0.2) is 74.7 Å². The Kier molecular flexibility index (Phi) is 6.17. The molecule has 1 atom stereocenters. The third-order valence-corrected chi connectivity index (χ3v) is 7.64. The summed E-state index contributed by atoms with van der Waals surface area (Å²) < 4.78 is 62.7. The molecule has 1 aromatic heterocycles. The molecule has 2 N–H and O–H groups in total. The molecule has 168 valence electrons. The first kappa shape index (κ1) is 22.5. The van der Waals surface area contributed by atoms with Gasteiger partial charge in [-0.2, -0.15) is 9.97 Å². The van der Waals surface area contributed by atoms with E-state index in [9.17, 15) is 21.6 Å². The summed E-state index contributed by atoms with van der Waals surface area (Å²) >= 11 is 0. The lowest BCUT2D eigenvalue weighted by molar-refractivity contribution is 0.256. The summed E-state index contributed by atoms with van der Waals surface area (Å²) in [4.78, 5) is 25.4. The average Bonchev–Trinajstić information content (AvgIpc) is 3.14. The molecule has 31 heavy (non-hydrogen) atoms. The predicted molar refractivity (Wildman–Crippen MR) is 111 cm³/mol. The number of urea groups is 1. The van der Waals surface area contributed by atoms with E-state index < -0.39 is 36.3 Å². The summed E-state index contributed by atoms with van der Waals surface area (Å²) in [6, 6.07) is 0.155. The Bertz CT molecular complexity index is 1170. The first-order valence-corrected chi connectivity index (χ1v) is 12.1. The van der Waals surface area contributed by atoms with Crippen molar-refractivity contribution >= 4 is 36.9 Å². The highest BCUT2D eigenvalue weighted by Crippen LogP contribution is 2.29. The number of hydrogen-bond donors (Lipinski definition) is 2. The van der Waals surface area contributed by atoms with Crippen LogP contribution in [0.1, 0.15) is 6.92 Å². The van der Waals surface area contributed by atoms with Crippen LogP contribution in [0.5, 0.6) is 11.8 Å². The van der Waals surface area contributed by atoms with Crippen LogP contribution in [-0.2, 0) is 19.9 Å². The molecular formula is C16H20N6O7S2. The predicted octanol–water partition coefficient (Wildman–Crippen LogP) is -0.169. The number of hydrogen-bond acceptors (Lipinski definition) is 11. The Morgan fingerprint density at radius 3 is 2.42 bits per heavy atom. The molecule has 13 nitrogen and oxygen atoms in total. The van der Waals surface area contributed by atoms with Crippen LogP contribution in [0.3, 0.4) is 0 Å². The summed E-state index contributed by atoms with van der Waals surface area (Å²) in [5.74, 6) is -0.327. The number of rotatable bonds is 6. The molecule has 0 spiro atoms. The van der Waals surface area contributed by atoms with Crippen molar-refractivity contribution < 1.29 is 31.1 Å². The molecule has 0 unspecified atom stereocenters. The van der Waals surface area contributed by atoms with E-state index in [-0.39, 0.29) is 35.8 Å². The first-order chi connectivity index (χ1) is 14.6. The maximum Gasteiger partial charge on any atom is 0.335 e. The lowest BCUT2D eigenvalue weighted by atomic mass is 10.3. The molecule has 0 aliphatic carbocycles. The molecule has 3 heterocycles. The molecule has 0 fully saturated rings. The number of sulfone groups is 1. The van der Waals surface area contributed by atoms with Gasteiger partial charge in [0.05, 0.1) is 26.0 Å². The van der Waals surface area contributed by atoms with Crippen molar-refractivity contribution in [3.05, 3.63) is 30.1 Å². The van der Waals surface area contributed by atoms with Gasteiger partial charge in [0.15, 0.2) is 14.9 Å². The van der Waals surface area contributed by atoms with E-state index in [0.717, 1.165) is 0 Å². The fourth-order valence-corrected chi connectivity index (χ4v) is 5.84. The topological polar surface area (TPSA) is 169 Å². The van der Waals surface area contributed by atoms with Gasteiger partial charge >= 0.3 is 6.03 Å². The maximum absolute atomic E-state index is 13.0. The van der Waals surface area contributed by atoms with Crippen molar-refractivity contribution in [3.8, 4) is 11.8 Å². The van der Waals surface area contributed by atoms with Gasteiger partial charge in [-0.05, 0) is 6.08 Å². The third-order valence-electron chi connectivity index (χ3n) is 4.25. The van der Waals surface area contributed by atoms with Crippen LogP contribution in [0.2, 0.25) is 0 Å². The summed E-state index contributed by atoms with van der Waals surface area (Å²) in [5, 5.41) is -0.0969. The molecule has 1 aromatic rings. The van der Waals surface area contributed by atoms with E-state index in [1.807, 2.05) is 0 Å². The molecular weight excluding hydrogens is 452 g/mol. The molecule has 2 amide bonds. The van der Waals surface area contributed by atoms with E-state index in [4.69, 9.17) is 9.47 Å². The van der Waals surface area contributed by atoms with Gasteiger partial charge in [-0.3, -0.25) is 5.32 Å². The largest absolute Gasteiger partial charge is 0.481 e. The van der Waals surface area contributed by atoms with Crippen LogP contribution in [0, 0.1) is 0 Å². The second-order valence-corrected chi connectivity index (χ2v) is 10.2. The summed E-state index contributed by atoms with van der Waals surface area (Å²) in [7, 11) is -5.86. The minimum Gasteiger partial charge on any atom is -0.481 e. The van der Waals surface area contributed by atoms with Crippen LogP contribution >= 0.6 is 0 Å². The molecule has 0 radical (unpaired) electrons. The van der Waals surface area contributed by atoms with Crippen LogP contribution in [0.15, 0.2) is 35.1 Å². The Labute approximate surface area is 178 Å². The number of carbonyl (C=O) groups is 1. The number of fused-ring (bicyclic) bond motifs is 1. The number of nitrogens with one attached hydrogen (secondary N) is 2. The highest BCUT2D eigenvalue weighted by molar-refractivity contribution is 8.08. The van der Waals surface area contributed by atoms with Crippen molar-refractivity contribution in [2.75, 3.05) is 31.8 Å². The Hall–Kier alpha value is -3.20. The van der Waals surface area contributed by atoms with Crippen LogP contribution < -0.4 is 19.5 Å². The standard InChI is InChI=1S/C16H20N6O7S2/c1-4-30(24,25)13-14(22-8-6-5-7-10(22)17-13)31(26,27)21-16(23)20-15-18-11(28-2)9-12(19-15)29-3/h5-7,9,14H,4,8H2,1-3H3,(H2,18,19,20,21,23)/t14-/m0/s1. The molecule has 0 saturated carbocycles. The van der Waals surface area contributed by atoms with Gasteiger partial charge in [-0.1, -0.05) is 19.1 Å². The lowest BCUT2D eigenvalue weighted by Gasteiger charge is -2.27. The fourth-order valence-electron chi connectivity index (χ4n) is 2.79. The molecule has 3 rings (SSSR count). The highest BCUT2D eigenvalue weighted by atomic mass is 32.2. The van der Waals surface area contributed by atoms with Crippen molar-refractivity contribution in [3.63, 3.8) is 0 Å². The van der Waals surface area contributed by atoms with Crippen LogP contribution in [0.25, 0.3) is 0 Å². The maximum atomic E-state index is 13.0. The van der Waals surface area contributed by atoms with E-state index in [1.165, 1.54) is 38.2 Å². The number of aliphatic imine (C=N–C) groups is 1. The van der Waals surface area contributed by atoms with Gasteiger partial charge in [0.25, 0.3) is 10.0 Å². The Balaban J connectivity index is 1.87. The summed E-state index contributed by atoms with van der Waals surface area (Å²) in [5.41, 5.74) is 0. The molecule has 0 bridgehead atoms. The second kappa shape index (κ2) is 8.50. The highest BCUT2D eigenvalue weighted by Gasteiger charge is 2.47. The van der Waals surface area contributed by atoms with Crippen LogP contribution in [0.4, 0.5) is 10.7 Å². The number of ether oxygens (including phenoxy) is 2. The van der Waals surface area contributed by atoms with E-state index in [2.05, 4.69) is 20.3 Å². The smallest absolute Gasteiger partial charge is 0.335 e. The van der Waals surface area contributed by atoms with Crippen molar-refractivity contribution in [1.82, 2.24) is 19.6 Å². The molecule has 2 aliphatic rings. The van der Waals surface area contributed by atoms with Crippen molar-refractivity contribution in [1.29, 1.82) is 0 Å². The number of methoxy groups -OCH3 is 2. The van der Waals surface area contributed by atoms with E-state index in [0.29, 0.717) is 0 Å². The number of nitrogens with zero attached hydrogens (tertiary/aromatic N) is 4. The van der Waals surface area contributed by atoms with Crippen molar-refractivity contribution in [2.45, 2.75) is 12.3 Å². The molecule has 0 aromatic carbocycles. The molecule has 2 aliphatic heterocycles. The summed E-state index contributed by atoms with van der Waals surface area (Å²) in [6.45, 7) is 1.47. The minimum atomic E-state index is -4.56. The number of sulfonamides is 1. The molecule has 0 saturated heterocycles. The third kappa shape index (κ3) is 4.61. The van der Waals surface area contributed by atoms with E-state index in [1.54, 1.807) is 16.9 Å². The first-order valence-electron chi connectivity index (χ1n) is 8.85. The van der Waals surface area contributed by atoms with Gasteiger partial charge in [0, 0.05) is 6.54 Å². The SMILES string of the molecule is CCS(=O)(=O)C1=NC2=CC=CCN2[C@H]1S(=O)(=O)NC(=O)Nc1nc(OC)cc(OC)n1.